The Morgan fingerprint density at radius 3 is 2.23 bits per heavy atom. The van der Waals surface area contributed by atoms with E-state index in [1.165, 1.54) is 27.8 Å². The second-order valence-electron chi connectivity index (χ2n) is 6.59. The minimum absolute atomic E-state index is 0.0227. The van der Waals surface area contributed by atoms with Gasteiger partial charge in [-0.3, -0.25) is 9.52 Å². The number of carbonyl (C=O) groups is 1. The molecule has 168 valence electrons. The van der Waals surface area contributed by atoms with Crippen molar-refractivity contribution in [1.29, 1.82) is 0 Å². The highest BCUT2D eigenvalue weighted by Crippen LogP contribution is 2.29. The third kappa shape index (κ3) is 5.40. The first-order valence-electron chi connectivity index (χ1n) is 8.61. The summed E-state index contributed by atoms with van der Waals surface area (Å²) in [6, 6.07) is 8.39. The number of halogens is 6. The average molecular weight is 468 g/mol. The van der Waals surface area contributed by atoms with Crippen molar-refractivity contribution in [2.75, 3.05) is 11.3 Å². The van der Waals surface area contributed by atoms with Crippen molar-refractivity contribution < 1.29 is 44.3 Å². The van der Waals surface area contributed by atoms with E-state index in [4.69, 9.17) is 0 Å². The summed E-state index contributed by atoms with van der Waals surface area (Å²) in [5.74, 6) is -1.06. The van der Waals surface area contributed by atoms with Gasteiger partial charge in [0.25, 0.3) is 5.91 Å². The zero-order valence-corrected chi connectivity index (χ0v) is 16.2. The minimum atomic E-state index is -5.56. The van der Waals surface area contributed by atoms with Gasteiger partial charge in [-0.1, -0.05) is 18.2 Å². The highest BCUT2D eigenvalue weighted by Gasteiger charge is 2.46. The number of sulfonamides is 1. The van der Waals surface area contributed by atoms with Crippen LogP contribution in [-0.2, 0) is 23.0 Å². The van der Waals surface area contributed by atoms with Gasteiger partial charge in [0.2, 0.25) is 0 Å². The van der Waals surface area contributed by atoms with Crippen LogP contribution in [0, 0.1) is 0 Å². The van der Waals surface area contributed by atoms with Gasteiger partial charge in [0.1, 0.15) is 5.75 Å². The number of rotatable bonds is 5. The number of fused-ring (bicyclic) bond motifs is 1. The third-order valence-electron chi connectivity index (χ3n) is 4.37. The molecule has 0 bridgehead atoms. The van der Waals surface area contributed by atoms with Crippen LogP contribution in [-0.4, -0.2) is 37.6 Å². The first kappa shape index (κ1) is 22.7. The molecule has 1 aliphatic rings. The predicted molar refractivity (Wildman–Crippen MR) is 96.6 cm³/mol. The lowest BCUT2D eigenvalue weighted by atomic mass is 9.98. The van der Waals surface area contributed by atoms with Crippen LogP contribution in [0.15, 0.2) is 42.5 Å². The summed E-state index contributed by atoms with van der Waals surface area (Å²) in [5.41, 5.74) is -4.68. The van der Waals surface area contributed by atoms with Crippen molar-refractivity contribution in [3.8, 4) is 5.75 Å². The molecule has 0 aliphatic carbocycles. The summed E-state index contributed by atoms with van der Waals surface area (Å²) < 4.78 is 102. The highest BCUT2D eigenvalue weighted by atomic mass is 32.2. The lowest BCUT2D eigenvalue weighted by Gasteiger charge is -2.29. The molecule has 1 N–H and O–H groups in total. The van der Waals surface area contributed by atoms with Gasteiger partial charge < -0.3 is 9.64 Å². The first-order chi connectivity index (χ1) is 14.2. The van der Waals surface area contributed by atoms with Gasteiger partial charge in [0.15, 0.2) is 0 Å². The molecule has 1 aliphatic heterocycles. The molecule has 0 unspecified atom stereocenters. The normalized spacial score (nSPS) is 14.9. The molecule has 2 aromatic carbocycles. The maximum absolute atomic E-state index is 12.7. The van der Waals surface area contributed by atoms with Crippen molar-refractivity contribution in [2.45, 2.75) is 24.8 Å². The Labute approximate surface area is 172 Å². The predicted octanol–water partition coefficient (Wildman–Crippen LogP) is 4.05. The zero-order chi connectivity index (χ0) is 23.0. The second kappa shape index (κ2) is 7.94. The van der Waals surface area contributed by atoms with E-state index in [0.29, 0.717) is 17.5 Å². The standard InChI is InChI=1S/C18H14F6N2O4S/c19-17(20,21)30-14-6-3-12-7-8-26(16(27)15(12)9-14)10-11-1-4-13(5-2-11)25-31(28,29)18(22,23)24/h1-6,9,25H,7-8,10H2. The topological polar surface area (TPSA) is 75.7 Å². The largest absolute Gasteiger partial charge is 0.573 e. The number of carbonyl (C=O) groups excluding carboxylic acids is 1. The molecular formula is C18H14F6N2O4S. The van der Waals surface area contributed by atoms with Crippen molar-refractivity contribution >= 4 is 21.6 Å². The molecule has 1 amide bonds. The SMILES string of the molecule is O=C1c2cc(OC(F)(F)F)ccc2CCN1Cc1ccc(NS(=O)(=O)C(F)(F)F)cc1. The fourth-order valence-electron chi connectivity index (χ4n) is 2.96. The van der Waals surface area contributed by atoms with Crippen LogP contribution in [0.2, 0.25) is 0 Å². The van der Waals surface area contributed by atoms with Gasteiger partial charge in [-0.2, -0.15) is 21.6 Å². The number of ether oxygens (including phenoxy) is 1. The number of anilines is 1. The summed E-state index contributed by atoms with van der Waals surface area (Å²) in [6.45, 7) is 0.294. The molecule has 0 fully saturated rings. The molecular weight excluding hydrogens is 454 g/mol. The number of benzene rings is 2. The molecule has 0 atom stereocenters. The summed E-state index contributed by atoms with van der Waals surface area (Å²) in [4.78, 5) is 14.0. The number of hydrogen-bond acceptors (Lipinski definition) is 4. The molecule has 3 rings (SSSR count). The molecule has 0 spiro atoms. The van der Waals surface area contributed by atoms with E-state index in [1.54, 1.807) is 0 Å². The van der Waals surface area contributed by atoms with Crippen LogP contribution in [0.1, 0.15) is 21.5 Å². The van der Waals surface area contributed by atoms with E-state index in [2.05, 4.69) is 4.74 Å². The van der Waals surface area contributed by atoms with Crippen LogP contribution < -0.4 is 9.46 Å². The molecule has 0 aromatic heterocycles. The molecule has 0 saturated carbocycles. The lowest BCUT2D eigenvalue weighted by Crippen LogP contribution is -2.37. The van der Waals surface area contributed by atoms with Crippen molar-refractivity contribution in [3.63, 3.8) is 0 Å². The Balaban J connectivity index is 1.72. The van der Waals surface area contributed by atoms with E-state index in [-0.39, 0.29) is 24.3 Å². The minimum Gasteiger partial charge on any atom is -0.406 e. The summed E-state index contributed by atoms with van der Waals surface area (Å²) >= 11 is 0. The van der Waals surface area contributed by atoms with Gasteiger partial charge in [0, 0.05) is 24.3 Å². The van der Waals surface area contributed by atoms with Crippen LogP contribution in [0.5, 0.6) is 5.75 Å². The number of alkyl halides is 6. The summed E-state index contributed by atoms with van der Waals surface area (Å²) in [5, 5.41) is 0. The van der Waals surface area contributed by atoms with Gasteiger partial charge >= 0.3 is 21.9 Å². The van der Waals surface area contributed by atoms with Gasteiger partial charge in [-0.05, 0) is 41.8 Å². The lowest BCUT2D eigenvalue weighted by molar-refractivity contribution is -0.274. The number of nitrogens with one attached hydrogen (secondary N) is 1. The Morgan fingerprint density at radius 2 is 1.65 bits per heavy atom. The average Bonchev–Trinajstić information content (AvgIpc) is 2.63. The fraction of sp³-hybridized carbons (Fsp3) is 0.278. The van der Waals surface area contributed by atoms with Gasteiger partial charge in [0.05, 0.1) is 0 Å². The maximum atomic E-state index is 12.7. The quantitative estimate of drug-likeness (QED) is 0.672. The highest BCUT2D eigenvalue weighted by molar-refractivity contribution is 7.93. The van der Waals surface area contributed by atoms with Crippen LogP contribution >= 0.6 is 0 Å². The van der Waals surface area contributed by atoms with E-state index < -0.39 is 33.6 Å². The van der Waals surface area contributed by atoms with E-state index in [9.17, 15) is 39.6 Å². The van der Waals surface area contributed by atoms with Crippen molar-refractivity contribution in [3.05, 3.63) is 59.2 Å². The van der Waals surface area contributed by atoms with Crippen LogP contribution in [0.3, 0.4) is 0 Å². The molecule has 1 heterocycles. The molecule has 31 heavy (non-hydrogen) atoms. The zero-order valence-electron chi connectivity index (χ0n) is 15.4. The van der Waals surface area contributed by atoms with Gasteiger partial charge in [-0.25, -0.2) is 0 Å². The Bertz CT molecular complexity index is 1080. The molecule has 6 nitrogen and oxygen atoms in total. The smallest absolute Gasteiger partial charge is 0.406 e. The van der Waals surface area contributed by atoms with Crippen molar-refractivity contribution in [2.24, 2.45) is 0 Å². The van der Waals surface area contributed by atoms with Crippen LogP contribution in [0.25, 0.3) is 0 Å². The van der Waals surface area contributed by atoms with E-state index in [1.807, 2.05) is 0 Å². The monoisotopic (exact) mass is 468 g/mol. The summed E-state index contributed by atoms with van der Waals surface area (Å²) in [7, 11) is -5.56. The second-order valence-corrected chi connectivity index (χ2v) is 8.27. The Kier molecular flexibility index (Phi) is 5.82. The maximum Gasteiger partial charge on any atom is 0.573 e. The third-order valence-corrected chi connectivity index (χ3v) is 5.48. The Hall–Kier alpha value is -2.96. The molecule has 2 aromatic rings. The van der Waals surface area contributed by atoms with Gasteiger partial charge in [-0.15, -0.1) is 13.2 Å². The molecule has 0 radical (unpaired) electrons. The van der Waals surface area contributed by atoms with Crippen molar-refractivity contribution in [1.82, 2.24) is 4.90 Å². The molecule has 13 heteroatoms. The molecule has 0 saturated heterocycles. The first-order valence-corrected chi connectivity index (χ1v) is 10.1. The fourth-order valence-corrected chi connectivity index (χ4v) is 3.52. The number of nitrogens with zero attached hydrogens (tertiary/aromatic N) is 1. The number of amides is 1. The van der Waals surface area contributed by atoms with Crippen LogP contribution in [0.4, 0.5) is 32.0 Å². The number of hydrogen-bond donors (Lipinski definition) is 1. The van der Waals surface area contributed by atoms with E-state index >= 15 is 0 Å². The summed E-state index contributed by atoms with van der Waals surface area (Å²) in [6.07, 6.45) is -4.52. The van der Waals surface area contributed by atoms with E-state index in [0.717, 1.165) is 24.3 Å². The Morgan fingerprint density at radius 1 is 1.00 bits per heavy atom.